The predicted octanol–water partition coefficient (Wildman–Crippen LogP) is 1.68. The summed E-state index contributed by atoms with van der Waals surface area (Å²) in [6.45, 7) is 1.90. The second-order valence-corrected chi connectivity index (χ2v) is 4.94. The van der Waals surface area contributed by atoms with Crippen molar-refractivity contribution in [3.05, 3.63) is 47.2 Å². The minimum absolute atomic E-state index is 0.189. The van der Waals surface area contributed by atoms with E-state index in [1.165, 1.54) is 17.7 Å². The maximum atomic E-state index is 12.1. The highest BCUT2D eigenvalue weighted by atomic mass is 32.1. The van der Waals surface area contributed by atoms with Crippen molar-refractivity contribution >= 4 is 22.4 Å². The average Bonchev–Trinajstić information content (AvgIpc) is 3.11. The van der Waals surface area contributed by atoms with Gasteiger partial charge in [-0.05, 0) is 41.1 Å². The van der Waals surface area contributed by atoms with Crippen LogP contribution in [0.1, 0.15) is 15.9 Å². The maximum absolute atomic E-state index is 12.1. The van der Waals surface area contributed by atoms with Crippen LogP contribution < -0.4 is 5.32 Å². The number of hydrogen-bond acceptors (Lipinski definition) is 6. The molecular formula is C12H10N6OS. The Kier molecular flexibility index (Phi) is 3.21. The predicted molar refractivity (Wildman–Crippen MR) is 74.0 cm³/mol. The van der Waals surface area contributed by atoms with Gasteiger partial charge in [0.1, 0.15) is 6.33 Å². The maximum Gasteiger partial charge on any atom is 0.257 e. The van der Waals surface area contributed by atoms with Crippen LogP contribution in [0.25, 0.3) is 5.69 Å². The number of aryl methyl sites for hydroxylation is 1. The molecule has 0 fully saturated rings. The Hall–Kier alpha value is -2.61. The molecule has 2 heterocycles. The van der Waals surface area contributed by atoms with Crippen molar-refractivity contribution in [3.63, 3.8) is 0 Å². The summed E-state index contributed by atoms with van der Waals surface area (Å²) in [5.74, 6) is -0.189. The van der Waals surface area contributed by atoms with Gasteiger partial charge in [-0.15, -0.1) is 16.4 Å². The molecule has 1 amide bonds. The van der Waals surface area contributed by atoms with Crippen LogP contribution in [-0.2, 0) is 0 Å². The van der Waals surface area contributed by atoms with Crippen molar-refractivity contribution in [2.45, 2.75) is 6.92 Å². The molecule has 1 N–H and O–H groups in total. The van der Waals surface area contributed by atoms with Crippen molar-refractivity contribution in [1.82, 2.24) is 25.2 Å². The molecule has 0 aliphatic carbocycles. The first-order chi connectivity index (χ1) is 9.74. The van der Waals surface area contributed by atoms with E-state index in [1.807, 2.05) is 18.4 Å². The van der Waals surface area contributed by atoms with Gasteiger partial charge in [-0.25, -0.2) is 9.67 Å². The highest BCUT2D eigenvalue weighted by Crippen LogP contribution is 2.17. The van der Waals surface area contributed by atoms with Crippen LogP contribution in [0.15, 0.2) is 36.1 Å². The van der Waals surface area contributed by atoms with Crippen molar-refractivity contribution in [1.29, 1.82) is 0 Å². The molecule has 20 heavy (non-hydrogen) atoms. The van der Waals surface area contributed by atoms with Gasteiger partial charge in [-0.1, -0.05) is 0 Å². The first-order valence-electron chi connectivity index (χ1n) is 5.79. The van der Waals surface area contributed by atoms with Crippen LogP contribution in [-0.4, -0.2) is 31.1 Å². The molecule has 0 aliphatic heterocycles. The molecule has 0 atom stereocenters. The molecule has 0 saturated heterocycles. The first kappa shape index (κ1) is 12.4. The summed E-state index contributed by atoms with van der Waals surface area (Å²) >= 11 is 1.38. The zero-order chi connectivity index (χ0) is 13.9. The molecule has 0 saturated carbocycles. The lowest BCUT2D eigenvalue weighted by molar-refractivity contribution is 0.102. The number of carbonyl (C=O) groups is 1. The fourth-order valence-corrected chi connectivity index (χ4v) is 2.30. The van der Waals surface area contributed by atoms with Crippen molar-refractivity contribution in [2.24, 2.45) is 0 Å². The largest absolute Gasteiger partial charge is 0.298 e. The van der Waals surface area contributed by atoms with Crippen molar-refractivity contribution in [3.8, 4) is 5.69 Å². The third-order valence-electron chi connectivity index (χ3n) is 2.71. The number of nitrogens with zero attached hydrogens (tertiary/aromatic N) is 5. The number of benzene rings is 1. The van der Waals surface area contributed by atoms with Crippen LogP contribution in [0.3, 0.4) is 0 Å². The Balaban J connectivity index is 1.85. The summed E-state index contributed by atoms with van der Waals surface area (Å²) in [7, 11) is 0. The van der Waals surface area contributed by atoms with Gasteiger partial charge >= 0.3 is 0 Å². The summed E-state index contributed by atoms with van der Waals surface area (Å²) in [6, 6.07) is 5.33. The molecule has 0 radical (unpaired) electrons. The molecule has 0 spiro atoms. The van der Waals surface area contributed by atoms with Gasteiger partial charge in [0.15, 0.2) is 5.13 Å². The van der Waals surface area contributed by atoms with E-state index in [2.05, 4.69) is 25.8 Å². The van der Waals surface area contributed by atoms with Crippen LogP contribution >= 0.6 is 11.3 Å². The molecule has 0 aliphatic rings. The van der Waals surface area contributed by atoms with E-state index in [9.17, 15) is 4.79 Å². The third kappa shape index (κ3) is 2.41. The van der Waals surface area contributed by atoms with E-state index in [4.69, 9.17) is 0 Å². The molecular weight excluding hydrogens is 276 g/mol. The van der Waals surface area contributed by atoms with Crippen LogP contribution in [0.4, 0.5) is 5.13 Å². The number of aromatic nitrogens is 5. The minimum atomic E-state index is -0.189. The van der Waals surface area contributed by atoms with Crippen LogP contribution in [0.2, 0.25) is 0 Å². The Morgan fingerprint density at radius 1 is 1.40 bits per heavy atom. The minimum Gasteiger partial charge on any atom is -0.298 e. The molecule has 3 rings (SSSR count). The number of anilines is 1. The second kappa shape index (κ2) is 5.17. The number of tetrazole rings is 1. The fourth-order valence-electron chi connectivity index (χ4n) is 1.78. The summed E-state index contributed by atoms with van der Waals surface area (Å²) in [4.78, 5) is 16.1. The molecule has 0 bridgehead atoms. The number of thiazole rings is 1. The van der Waals surface area contributed by atoms with Crippen LogP contribution in [0, 0.1) is 6.92 Å². The van der Waals surface area contributed by atoms with Gasteiger partial charge in [-0.2, -0.15) is 0 Å². The topological polar surface area (TPSA) is 85.6 Å². The Morgan fingerprint density at radius 2 is 2.30 bits per heavy atom. The molecule has 7 nitrogen and oxygen atoms in total. The van der Waals surface area contributed by atoms with Crippen LogP contribution in [0.5, 0.6) is 0 Å². The van der Waals surface area contributed by atoms with Gasteiger partial charge in [-0.3, -0.25) is 10.1 Å². The highest BCUT2D eigenvalue weighted by molar-refractivity contribution is 7.13. The second-order valence-electron chi connectivity index (χ2n) is 4.05. The standard InChI is InChI=1S/C12H10N6OS/c1-8-6-9(11(19)15-12-13-4-5-20-12)2-3-10(8)18-7-14-16-17-18/h2-7H,1H3,(H,13,15,19). The summed E-state index contributed by atoms with van der Waals surface area (Å²) < 4.78 is 1.55. The van der Waals surface area contributed by atoms with Gasteiger partial charge in [0.05, 0.1) is 5.69 Å². The monoisotopic (exact) mass is 286 g/mol. The Labute approximate surface area is 118 Å². The molecule has 3 aromatic rings. The third-order valence-corrected chi connectivity index (χ3v) is 3.40. The average molecular weight is 286 g/mol. The smallest absolute Gasteiger partial charge is 0.257 e. The summed E-state index contributed by atoms with van der Waals surface area (Å²) in [6.07, 6.45) is 3.16. The number of carbonyl (C=O) groups excluding carboxylic acids is 1. The van der Waals surface area contributed by atoms with Gasteiger partial charge in [0.25, 0.3) is 5.91 Å². The van der Waals surface area contributed by atoms with Crippen molar-refractivity contribution < 1.29 is 4.79 Å². The molecule has 1 aromatic carbocycles. The fraction of sp³-hybridized carbons (Fsp3) is 0.0833. The SMILES string of the molecule is Cc1cc(C(=O)Nc2nccs2)ccc1-n1cnnn1. The van der Waals surface area contributed by atoms with Gasteiger partial charge in [0.2, 0.25) is 0 Å². The zero-order valence-corrected chi connectivity index (χ0v) is 11.3. The Bertz CT molecular complexity index is 723. The van der Waals surface area contributed by atoms with E-state index in [0.29, 0.717) is 10.7 Å². The van der Waals surface area contributed by atoms with E-state index in [-0.39, 0.29) is 5.91 Å². The molecule has 2 aromatic heterocycles. The lowest BCUT2D eigenvalue weighted by Gasteiger charge is -2.07. The van der Waals surface area contributed by atoms with E-state index in [0.717, 1.165) is 11.3 Å². The van der Waals surface area contributed by atoms with Gasteiger partial charge < -0.3 is 0 Å². The number of nitrogens with one attached hydrogen (secondary N) is 1. The first-order valence-corrected chi connectivity index (χ1v) is 6.67. The highest BCUT2D eigenvalue weighted by Gasteiger charge is 2.10. The quantitative estimate of drug-likeness (QED) is 0.791. The number of rotatable bonds is 3. The Morgan fingerprint density at radius 3 is 2.95 bits per heavy atom. The van der Waals surface area contributed by atoms with E-state index in [1.54, 1.807) is 23.0 Å². The van der Waals surface area contributed by atoms with Crippen molar-refractivity contribution in [2.75, 3.05) is 5.32 Å². The molecule has 8 heteroatoms. The van der Waals surface area contributed by atoms with Gasteiger partial charge in [0, 0.05) is 17.1 Å². The normalized spacial score (nSPS) is 10.4. The lowest BCUT2D eigenvalue weighted by Crippen LogP contribution is -2.12. The lowest BCUT2D eigenvalue weighted by atomic mass is 10.1. The van der Waals surface area contributed by atoms with E-state index >= 15 is 0 Å². The summed E-state index contributed by atoms with van der Waals surface area (Å²) in [5.41, 5.74) is 2.31. The van der Waals surface area contributed by atoms with E-state index < -0.39 is 0 Å². The zero-order valence-electron chi connectivity index (χ0n) is 10.5. The summed E-state index contributed by atoms with van der Waals surface area (Å²) in [5, 5.41) is 16.1. The molecule has 100 valence electrons. The molecule has 0 unspecified atom stereocenters. The number of hydrogen-bond donors (Lipinski definition) is 1. The number of amides is 1.